The zero-order chi connectivity index (χ0) is 12.3. The number of methoxy groups -OCH3 is 1. The monoisotopic (exact) mass is 343 g/mol. The van der Waals surface area contributed by atoms with E-state index in [2.05, 4.69) is 4.98 Å². The summed E-state index contributed by atoms with van der Waals surface area (Å²) in [6.45, 7) is 0. The number of carboxylic acids is 1. The van der Waals surface area contributed by atoms with Gasteiger partial charge in [0.05, 0.1) is 17.1 Å². The molecule has 88 valence electrons. The van der Waals surface area contributed by atoms with Crippen LogP contribution in [0, 0.1) is 3.57 Å². The van der Waals surface area contributed by atoms with Crippen LogP contribution >= 0.6 is 22.6 Å². The van der Waals surface area contributed by atoms with Crippen molar-refractivity contribution in [2.75, 3.05) is 7.11 Å². The van der Waals surface area contributed by atoms with Crippen LogP contribution < -0.4 is 4.74 Å². The van der Waals surface area contributed by atoms with Crippen LogP contribution in [0.5, 0.6) is 5.88 Å². The Balaban J connectivity index is 3.28. The zero-order valence-electron chi connectivity index (χ0n) is 8.21. The number of pyridine rings is 1. The molecular weight excluding hydrogens is 335 g/mol. The summed E-state index contributed by atoms with van der Waals surface area (Å²) < 4.78 is 30.5. The molecule has 1 aromatic rings. The molecule has 0 aliphatic carbocycles. The van der Waals surface area contributed by atoms with Crippen molar-refractivity contribution >= 4 is 28.6 Å². The molecule has 1 N–H and O–H groups in total. The Labute approximate surface area is 104 Å². The maximum Gasteiger partial charge on any atom is 0.307 e. The Hall–Kier alpha value is -0.990. The van der Waals surface area contributed by atoms with Crippen LogP contribution in [0.1, 0.15) is 17.6 Å². The summed E-state index contributed by atoms with van der Waals surface area (Å²) in [7, 11) is 1.32. The van der Waals surface area contributed by atoms with Gasteiger partial charge in [-0.1, -0.05) is 0 Å². The van der Waals surface area contributed by atoms with Gasteiger partial charge in [-0.3, -0.25) is 4.79 Å². The molecule has 4 nitrogen and oxygen atoms in total. The van der Waals surface area contributed by atoms with E-state index in [4.69, 9.17) is 9.84 Å². The van der Waals surface area contributed by atoms with E-state index in [0.29, 0.717) is 0 Å². The third-order valence-corrected chi connectivity index (χ3v) is 2.90. The lowest BCUT2D eigenvalue weighted by Crippen LogP contribution is -2.08. The molecule has 0 aliphatic heterocycles. The highest BCUT2D eigenvalue weighted by Crippen LogP contribution is 2.32. The van der Waals surface area contributed by atoms with E-state index in [1.807, 2.05) is 0 Å². The van der Waals surface area contributed by atoms with E-state index in [0.717, 1.165) is 6.20 Å². The Bertz CT molecular complexity index is 412. The smallest absolute Gasteiger partial charge is 0.307 e. The first-order valence-electron chi connectivity index (χ1n) is 4.18. The van der Waals surface area contributed by atoms with Gasteiger partial charge < -0.3 is 9.84 Å². The zero-order valence-corrected chi connectivity index (χ0v) is 10.4. The molecule has 16 heavy (non-hydrogen) atoms. The minimum atomic E-state index is -2.75. The largest absolute Gasteiger partial charge is 0.481 e. The fourth-order valence-electron chi connectivity index (χ4n) is 1.20. The normalized spacial score (nSPS) is 10.6. The van der Waals surface area contributed by atoms with Gasteiger partial charge in [0.2, 0.25) is 5.88 Å². The molecule has 1 heterocycles. The maximum atomic E-state index is 12.8. The van der Waals surface area contributed by atoms with Crippen molar-refractivity contribution in [1.82, 2.24) is 4.98 Å². The molecule has 0 aromatic carbocycles. The Kier molecular flexibility index (Phi) is 4.39. The Morgan fingerprint density at radius 2 is 2.31 bits per heavy atom. The number of hydrogen-bond acceptors (Lipinski definition) is 3. The average molecular weight is 343 g/mol. The van der Waals surface area contributed by atoms with Gasteiger partial charge in [0, 0.05) is 11.8 Å². The molecule has 0 saturated heterocycles. The molecule has 7 heteroatoms. The predicted octanol–water partition coefficient (Wildman–Crippen LogP) is 2.26. The molecule has 0 fully saturated rings. The highest BCUT2D eigenvalue weighted by Gasteiger charge is 2.22. The molecule has 0 amide bonds. The first-order chi connectivity index (χ1) is 7.47. The van der Waals surface area contributed by atoms with Gasteiger partial charge in [-0.15, -0.1) is 0 Å². The Morgan fingerprint density at radius 1 is 1.69 bits per heavy atom. The summed E-state index contributed by atoms with van der Waals surface area (Å²) in [5, 5.41) is 8.58. The lowest BCUT2D eigenvalue weighted by molar-refractivity contribution is -0.136. The summed E-state index contributed by atoms with van der Waals surface area (Å²) >= 11 is 1.67. The number of rotatable bonds is 4. The van der Waals surface area contributed by atoms with Gasteiger partial charge in [-0.2, -0.15) is 0 Å². The topological polar surface area (TPSA) is 59.4 Å². The van der Waals surface area contributed by atoms with Crippen LogP contribution in [0.3, 0.4) is 0 Å². The van der Waals surface area contributed by atoms with Crippen molar-refractivity contribution in [2.45, 2.75) is 12.8 Å². The van der Waals surface area contributed by atoms with Crippen molar-refractivity contribution in [3.8, 4) is 5.88 Å². The van der Waals surface area contributed by atoms with E-state index in [1.54, 1.807) is 22.6 Å². The maximum absolute atomic E-state index is 12.8. The van der Waals surface area contributed by atoms with Crippen LogP contribution in [0.4, 0.5) is 8.78 Å². The van der Waals surface area contributed by atoms with E-state index in [9.17, 15) is 13.6 Å². The highest BCUT2D eigenvalue weighted by molar-refractivity contribution is 14.1. The third kappa shape index (κ3) is 2.77. The predicted molar refractivity (Wildman–Crippen MR) is 59.8 cm³/mol. The van der Waals surface area contributed by atoms with Crippen molar-refractivity contribution in [1.29, 1.82) is 0 Å². The van der Waals surface area contributed by atoms with E-state index in [-0.39, 0.29) is 20.6 Å². The van der Waals surface area contributed by atoms with Gasteiger partial charge in [0.1, 0.15) is 0 Å². The fraction of sp³-hybridized carbons (Fsp3) is 0.333. The van der Waals surface area contributed by atoms with Crippen molar-refractivity contribution in [3.63, 3.8) is 0 Å². The second kappa shape index (κ2) is 5.37. The van der Waals surface area contributed by atoms with E-state index in [1.165, 1.54) is 7.11 Å². The summed E-state index contributed by atoms with van der Waals surface area (Å²) in [6.07, 6.45) is -2.12. The van der Waals surface area contributed by atoms with Crippen LogP contribution in [0.25, 0.3) is 0 Å². The minimum Gasteiger partial charge on any atom is -0.481 e. The number of halogens is 3. The first kappa shape index (κ1) is 13.1. The summed E-state index contributed by atoms with van der Waals surface area (Å²) in [4.78, 5) is 14.3. The quantitative estimate of drug-likeness (QED) is 0.852. The molecule has 0 aliphatic rings. The standard InChI is InChI=1S/C9H8F2INO3/c1-16-9-7(12)6(8(10)11)4(3-13-9)2-5(14)15/h3,8H,2H2,1H3,(H,14,15). The summed E-state index contributed by atoms with van der Waals surface area (Å²) in [6, 6.07) is 0. The molecule has 0 bridgehead atoms. The number of carbonyl (C=O) groups is 1. The van der Waals surface area contributed by atoms with Crippen molar-refractivity contribution < 1.29 is 23.4 Å². The number of nitrogens with zero attached hydrogens (tertiary/aromatic N) is 1. The van der Waals surface area contributed by atoms with Gasteiger partial charge in [0.25, 0.3) is 6.43 Å². The molecule has 0 saturated carbocycles. The highest BCUT2D eigenvalue weighted by atomic mass is 127. The van der Waals surface area contributed by atoms with Crippen molar-refractivity contribution in [2.24, 2.45) is 0 Å². The SMILES string of the molecule is COc1ncc(CC(=O)O)c(C(F)F)c1I. The fourth-order valence-corrected chi connectivity index (χ4v) is 2.14. The van der Waals surface area contributed by atoms with Crippen LogP contribution in [-0.4, -0.2) is 23.2 Å². The second-order valence-corrected chi connectivity index (χ2v) is 3.97. The number of alkyl halides is 2. The lowest BCUT2D eigenvalue weighted by Gasteiger charge is -2.11. The molecule has 0 atom stereocenters. The number of carboxylic acid groups (broad SMARTS) is 1. The number of aromatic nitrogens is 1. The van der Waals surface area contributed by atoms with E-state index >= 15 is 0 Å². The average Bonchev–Trinajstić information content (AvgIpc) is 2.16. The van der Waals surface area contributed by atoms with Gasteiger partial charge in [-0.25, -0.2) is 13.8 Å². The van der Waals surface area contributed by atoms with Crippen LogP contribution in [-0.2, 0) is 11.2 Å². The molecule has 0 radical (unpaired) electrons. The molecule has 1 aromatic heterocycles. The van der Waals surface area contributed by atoms with Gasteiger partial charge in [-0.05, 0) is 28.2 Å². The molecule has 1 rings (SSSR count). The van der Waals surface area contributed by atoms with E-state index < -0.39 is 18.8 Å². The van der Waals surface area contributed by atoms with Gasteiger partial charge >= 0.3 is 5.97 Å². The summed E-state index contributed by atoms with van der Waals surface area (Å²) in [5.41, 5.74) is -0.317. The lowest BCUT2D eigenvalue weighted by atomic mass is 10.1. The number of ether oxygens (including phenoxy) is 1. The Morgan fingerprint density at radius 3 is 2.75 bits per heavy atom. The molecular formula is C9H8F2INO3. The van der Waals surface area contributed by atoms with Crippen LogP contribution in [0.2, 0.25) is 0 Å². The van der Waals surface area contributed by atoms with Gasteiger partial charge in [0.15, 0.2) is 0 Å². The second-order valence-electron chi connectivity index (χ2n) is 2.89. The minimum absolute atomic E-state index is 0.00713. The summed E-state index contributed by atoms with van der Waals surface area (Å²) in [5.74, 6) is -1.10. The van der Waals surface area contributed by atoms with Crippen LogP contribution in [0.15, 0.2) is 6.20 Å². The van der Waals surface area contributed by atoms with Crippen molar-refractivity contribution in [3.05, 3.63) is 20.9 Å². The molecule has 0 spiro atoms. The number of aliphatic carboxylic acids is 1. The third-order valence-electron chi connectivity index (χ3n) is 1.86. The number of hydrogen-bond donors (Lipinski definition) is 1. The molecule has 0 unspecified atom stereocenters. The first-order valence-corrected chi connectivity index (χ1v) is 5.26.